The minimum absolute atomic E-state index is 0.0121. The number of pyridine rings is 1. The summed E-state index contributed by atoms with van der Waals surface area (Å²) in [6, 6.07) is 5.72. The lowest BCUT2D eigenvalue weighted by molar-refractivity contribution is 0.281. The van der Waals surface area contributed by atoms with Gasteiger partial charge in [0.2, 0.25) is 0 Å². The van der Waals surface area contributed by atoms with Crippen LogP contribution in [0.25, 0.3) is 5.82 Å². The lowest BCUT2D eigenvalue weighted by atomic mass is 10.3. The second-order valence-electron chi connectivity index (χ2n) is 4.10. The number of aliphatic hydroxyl groups excluding tert-OH is 1. The second kappa shape index (κ2) is 3.72. The van der Waals surface area contributed by atoms with Gasteiger partial charge in [-0.1, -0.05) is 6.07 Å². The molecule has 0 aromatic carbocycles. The summed E-state index contributed by atoms with van der Waals surface area (Å²) in [6.45, 7) is -0.0121. The Morgan fingerprint density at radius 1 is 1.38 bits per heavy atom. The highest BCUT2D eigenvalue weighted by Gasteiger charge is 2.26. The fourth-order valence-electron chi connectivity index (χ4n) is 1.81. The highest BCUT2D eigenvalue weighted by molar-refractivity contribution is 5.32. The smallest absolute Gasteiger partial charge is 0.158 e. The zero-order chi connectivity index (χ0) is 11.0. The fraction of sp³-hybridized carbons (Fsp3) is 0.333. The molecule has 0 radical (unpaired) electrons. The summed E-state index contributed by atoms with van der Waals surface area (Å²) >= 11 is 0. The van der Waals surface area contributed by atoms with Crippen molar-refractivity contribution in [3.05, 3.63) is 41.9 Å². The molecule has 4 heteroatoms. The van der Waals surface area contributed by atoms with Crippen LogP contribution in [0.15, 0.2) is 30.6 Å². The van der Waals surface area contributed by atoms with Gasteiger partial charge in [0.15, 0.2) is 5.82 Å². The first-order chi connectivity index (χ1) is 7.88. The van der Waals surface area contributed by atoms with E-state index in [4.69, 9.17) is 0 Å². The van der Waals surface area contributed by atoms with Crippen molar-refractivity contribution in [2.45, 2.75) is 25.4 Å². The van der Waals surface area contributed by atoms with Crippen LogP contribution in [0.5, 0.6) is 0 Å². The standard InChI is InChI=1S/C12H13N3O/c16-8-10-2-1-6-13-12(10)15-7-5-11(14-15)9-3-4-9/h1-2,5-7,9,16H,3-4,8H2. The van der Waals surface area contributed by atoms with E-state index in [2.05, 4.69) is 10.1 Å². The predicted octanol–water partition coefficient (Wildman–Crippen LogP) is 1.64. The van der Waals surface area contributed by atoms with Crippen LogP contribution >= 0.6 is 0 Å². The molecule has 0 unspecified atom stereocenters. The maximum atomic E-state index is 9.23. The third kappa shape index (κ3) is 1.61. The summed E-state index contributed by atoms with van der Waals surface area (Å²) in [5.41, 5.74) is 1.93. The van der Waals surface area contributed by atoms with E-state index in [1.807, 2.05) is 24.4 Å². The Morgan fingerprint density at radius 3 is 3.00 bits per heavy atom. The number of aromatic nitrogens is 3. The SMILES string of the molecule is OCc1cccnc1-n1ccc(C2CC2)n1. The molecule has 1 aliphatic rings. The van der Waals surface area contributed by atoms with Crippen LogP contribution in [0.3, 0.4) is 0 Å². The minimum Gasteiger partial charge on any atom is -0.392 e. The summed E-state index contributed by atoms with van der Waals surface area (Å²) < 4.78 is 1.75. The Bertz CT molecular complexity index is 502. The average Bonchev–Trinajstić information content (AvgIpc) is 3.07. The molecule has 0 amide bonds. The molecule has 3 rings (SSSR count). The van der Waals surface area contributed by atoms with Gasteiger partial charge in [0.25, 0.3) is 0 Å². The summed E-state index contributed by atoms with van der Waals surface area (Å²) in [5, 5.41) is 13.7. The molecule has 1 aliphatic carbocycles. The number of rotatable bonds is 3. The summed E-state index contributed by atoms with van der Waals surface area (Å²) in [4.78, 5) is 4.25. The number of hydrogen-bond donors (Lipinski definition) is 1. The van der Waals surface area contributed by atoms with Crippen LogP contribution in [0.1, 0.15) is 30.0 Å². The molecule has 0 saturated heterocycles. The van der Waals surface area contributed by atoms with Crippen LogP contribution in [0, 0.1) is 0 Å². The van der Waals surface area contributed by atoms with Crippen molar-refractivity contribution in [3.63, 3.8) is 0 Å². The summed E-state index contributed by atoms with van der Waals surface area (Å²) in [7, 11) is 0. The van der Waals surface area contributed by atoms with Crippen molar-refractivity contribution >= 4 is 0 Å². The van der Waals surface area contributed by atoms with Crippen LogP contribution in [-0.4, -0.2) is 19.9 Å². The van der Waals surface area contributed by atoms with Gasteiger partial charge in [-0.2, -0.15) is 5.10 Å². The maximum absolute atomic E-state index is 9.23. The fourth-order valence-corrected chi connectivity index (χ4v) is 1.81. The van der Waals surface area contributed by atoms with E-state index in [-0.39, 0.29) is 6.61 Å². The molecule has 0 spiro atoms. The van der Waals surface area contributed by atoms with Gasteiger partial charge < -0.3 is 5.11 Å². The number of nitrogens with zero attached hydrogens (tertiary/aromatic N) is 3. The molecule has 4 nitrogen and oxygen atoms in total. The van der Waals surface area contributed by atoms with Gasteiger partial charge in [-0.3, -0.25) is 0 Å². The largest absolute Gasteiger partial charge is 0.392 e. The summed E-state index contributed by atoms with van der Waals surface area (Å²) in [5.74, 6) is 1.36. The van der Waals surface area contributed by atoms with Crippen LogP contribution in [0.4, 0.5) is 0 Å². The highest BCUT2D eigenvalue weighted by atomic mass is 16.3. The Labute approximate surface area is 93.6 Å². The van der Waals surface area contributed by atoms with Gasteiger partial charge in [-0.15, -0.1) is 0 Å². The quantitative estimate of drug-likeness (QED) is 0.846. The van der Waals surface area contributed by atoms with Gasteiger partial charge in [-0.25, -0.2) is 9.67 Å². The molecule has 2 aromatic heterocycles. The lowest BCUT2D eigenvalue weighted by Gasteiger charge is -2.04. The van der Waals surface area contributed by atoms with Gasteiger partial charge in [0.1, 0.15) is 0 Å². The average molecular weight is 215 g/mol. The maximum Gasteiger partial charge on any atom is 0.158 e. The van der Waals surface area contributed by atoms with Crippen molar-refractivity contribution < 1.29 is 5.11 Å². The monoisotopic (exact) mass is 215 g/mol. The van der Waals surface area contributed by atoms with E-state index in [1.165, 1.54) is 12.8 Å². The lowest BCUT2D eigenvalue weighted by Crippen LogP contribution is -2.03. The molecule has 0 atom stereocenters. The Morgan fingerprint density at radius 2 is 2.25 bits per heavy atom. The predicted molar refractivity (Wildman–Crippen MR) is 59.3 cm³/mol. The molecule has 16 heavy (non-hydrogen) atoms. The third-order valence-electron chi connectivity index (χ3n) is 2.86. The van der Waals surface area contributed by atoms with E-state index >= 15 is 0 Å². The molecular formula is C12H13N3O. The minimum atomic E-state index is -0.0121. The van der Waals surface area contributed by atoms with E-state index < -0.39 is 0 Å². The van der Waals surface area contributed by atoms with Crippen LogP contribution < -0.4 is 0 Å². The van der Waals surface area contributed by atoms with Gasteiger partial charge in [-0.05, 0) is 25.0 Å². The first kappa shape index (κ1) is 9.54. The van der Waals surface area contributed by atoms with Crippen LogP contribution in [-0.2, 0) is 6.61 Å². The number of hydrogen-bond acceptors (Lipinski definition) is 3. The van der Waals surface area contributed by atoms with Gasteiger partial charge >= 0.3 is 0 Å². The van der Waals surface area contributed by atoms with Gasteiger partial charge in [0.05, 0.1) is 12.3 Å². The molecule has 82 valence electrons. The van der Waals surface area contributed by atoms with E-state index in [1.54, 1.807) is 10.9 Å². The van der Waals surface area contributed by atoms with Crippen molar-refractivity contribution in [2.24, 2.45) is 0 Å². The van der Waals surface area contributed by atoms with Crippen molar-refractivity contribution in [1.29, 1.82) is 0 Å². The highest BCUT2D eigenvalue weighted by Crippen LogP contribution is 2.39. The first-order valence-electron chi connectivity index (χ1n) is 5.49. The van der Waals surface area contributed by atoms with E-state index in [0.29, 0.717) is 5.92 Å². The van der Waals surface area contributed by atoms with Crippen molar-refractivity contribution in [2.75, 3.05) is 0 Å². The van der Waals surface area contributed by atoms with Crippen molar-refractivity contribution in [1.82, 2.24) is 14.8 Å². The molecule has 2 aromatic rings. The van der Waals surface area contributed by atoms with Crippen LogP contribution in [0.2, 0.25) is 0 Å². The zero-order valence-corrected chi connectivity index (χ0v) is 8.87. The topological polar surface area (TPSA) is 50.9 Å². The Balaban J connectivity index is 2.00. The molecule has 1 fully saturated rings. The van der Waals surface area contributed by atoms with E-state index in [9.17, 15) is 5.11 Å². The summed E-state index contributed by atoms with van der Waals surface area (Å²) in [6.07, 6.45) is 6.11. The molecular weight excluding hydrogens is 202 g/mol. The Kier molecular flexibility index (Phi) is 2.22. The van der Waals surface area contributed by atoms with Crippen molar-refractivity contribution in [3.8, 4) is 5.82 Å². The third-order valence-corrected chi connectivity index (χ3v) is 2.86. The molecule has 0 bridgehead atoms. The molecule has 1 saturated carbocycles. The van der Waals surface area contributed by atoms with Gasteiger partial charge in [0, 0.05) is 23.9 Å². The van der Waals surface area contributed by atoms with E-state index in [0.717, 1.165) is 17.1 Å². The molecule has 1 N–H and O–H groups in total. The zero-order valence-electron chi connectivity index (χ0n) is 8.87. The molecule has 2 heterocycles. The molecule has 0 aliphatic heterocycles. The Hall–Kier alpha value is -1.68. The number of aliphatic hydroxyl groups is 1. The first-order valence-corrected chi connectivity index (χ1v) is 5.49. The second-order valence-corrected chi connectivity index (χ2v) is 4.10. The normalized spacial score (nSPS) is 15.3.